The number of halogens is 1. The van der Waals surface area contributed by atoms with Crippen LogP contribution in [0.5, 0.6) is 11.5 Å². The van der Waals surface area contributed by atoms with Gasteiger partial charge in [-0.3, -0.25) is 14.5 Å². The molecule has 0 atom stereocenters. The van der Waals surface area contributed by atoms with Crippen LogP contribution in [-0.4, -0.2) is 73.8 Å². The van der Waals surface area contributed by atoms with E-state index >= 15 is 4.39 Å². The fourth-order valence-corrected chi connectivity index (χ4v) is 5.73. The number of nitrogens with zero attached hydrogens (tertiary/aromatic N) is 3. The van der Waals surface area contributed by atoms with Gasteiger partial charge in [0.25, 0.3) is 5.91 Å². The Morgan fingerprint density at radius 2 is 1.85 bits per heavy atom. The van der Waals surface area contributed by atoms with E-state index < -0.39 is 17.2 Å². The number of fused-ring (bicyclic) bond motifs is 5. The van der Waals surface area contributed by atoms with Crippen molar-refractivity contribution in [2.75, 3.05) is 58.8 Å². The number of para-hydroxylation sites is 1. The van der Waals surface area contributed by atoms with E-state index in [9.17, 15) is 9.59 Å². The second kappa shape index (κ2) is 9.90. The van der Waals surface area contributed by atoms with Gasteiger partial charge in [-0.1, -0.05) is 18.2 Å². The van der Waals surface area contributed by atoms with Gasteiger partial charge in [0.05, 0.1) is 24.3 Å². The lowest BCUT2D eigenvalue weighted by molar-refractivity contribution is 0.0378. The molecule has 10 heteroatoms. The number of carbonyl (C=O) groups excluding carboxylic acids is 1. The molecule has 2 aliphatic rings. The minimum Gasteiger partial charge on any atom is -0.456 e. The van der Waals surface area contributed by atoms with Crippen LogP contribution in [0.1, 0.15) is 16.8 Å². The highest BCUT2D eigenvalue weighted by Gasteiger charge is 2.30. The Kier molecular flexibility index (Phi) is 6.17. The third kappa shape index (κ3) is 4.22. The molecule has 5 aromatic rings. The van der Waals surface area contributed by atoms with E-state index in [4.69, 9.17) is 13.9 Å². The monoisotopic (exact) mass is 556 g/mol. The summed E-state index contributed by atoms with van der Waals surface area (Å²) in [6.07, 6.45) is 2.31. The van der Waals surface area contributed by atoms with E-state index in [-0.39, 0.29) is 22.4 Å². The number of furan rings is 1. The summed E-state index contributed by atoms with van der Waals surface area (Å²) in [4.78, 5) is 30.2. The molecule has 2 aromatic heterocycles. The van der Waals surface area contributed by atoms with Gasteiger partial charge in [-0.15, -0.1) is 0 Å². The minimum atomic E-state index is -0.615. The fraction of sp³-hybridized carbons (Fsp3) is 0.290. The molecule has 210 valence electrons. The number of amides is 1. The van der Waals surface area contributed by atoms with Gasteiger partial charge in [-0.05, 0) is 31.2 Å². The molecule has 2 aliphatic heterocycles. The maximum Gasteiger partial charge on any atom is 0.258 e. The van der Waals surface area contributed by atoms with Crippen LogP contribution in [0.15, 0.2) is 57.9 Å². The van der Waals surface area contributed by atoms with Crippen molar-refractivity contribution in [2.45, 2.75) is 6.42 Å². The molecule has 0 bridgehead atoms. The van der Waals surface area contributed by atoms with Crippen LogP contribution in [0.25, 0.3) is 38.5 Å². The van der Waals surface area contributed by atoms with Crippen molar-refractivity contribution in [3.63, 3.8) is 0 Å². The number of aromatic nitrogens is 1. The van der Waals surface area contributed by atoms with E-state index in [1.807, 2.05) is 36.4 Å². The van der Waals surface area contributed by atoms with Crippen molar-refractivity contribution in [1.29, 1.82) is 0 Å². The van der Waals surface area contributed by atoms with E-state index in [1.54, 1.807) is 18.7 Å². The largest absolute Gasteiger partial charge is 0.456 e. The lowest BCUT2D eigenvalue weighted by Gasteiger charge is -2.27. The molecule has 0 saturated carbocycles. The summed E-state index contributed by atoms with van der Waals surface area (Å²) >= 11 is 0. The van der Waals surface area contributed by atoms with Crippen LogP contribution in [-0.2, 0) is 4.74 Å². The number of carbonyl (C=O) groups is 1. The zero-order valence-corrected chi connectivity index (χ0v) is 22.8. The number of rotatable bonds is 6. The van der Waals surface area contributed by atoms with Crippen molar-refractivity contribution >= 4 is 44.4 Å². The number of ether oxygens (including phenoxy) is 2. The highest BCUT2D eigenvalue weighted by Crippen LogP contribution is 2.47. The van der Waals surface area contributed by atoms with E-state index in [0.717, 1.165) is 55.6 Å². The van der Waals surface area contributed by atoms with Crippen molar-refractivity contribution in [3.8, 4) is 17.2 Å². The average molecular weight is 557 g/mol. The predicted molar refractivity (Wildman–Crippen MR) is 155 cm³/mol. The second-order valence-corrected chi connectivity index (χ2v) is 10.7. The normalized spacial score (nSPS) is 14.8. The summed E-state index contributed by atoms with van der Waals surface area (Å²) in [5.41, 5.74) is 1.92. The molecule has 3 aromatic carbocycles. The first kappa shape index (κ1) is 25.6. The smallest absolute Gasteiger partial charge is 0.258 e. The lowest BCUT2D eigenvalue weighted by Crippen LogP contribution is -2.37. The third-order valence-electron chi connectivity index (χ3n) is 7.82. The van der Waals surface area contributed by atoms with Gasteiger partial charge in [0.2, 0.25) is 5.43 Å². The first-order chi connectivity index (χ1) is 19.9. The molecule has 1 fully saturated rings. The van der Waals surface area contributed by atoms with Crippen LogP contribution < -0.4 is 15.5 Å². The number of nitrogens with one attached hydrogen (secondary N) is 1. The standard InChI is InChI=1S/C31H29FN4O5/c1-34(2)31(38)21-17-36-23-16-25-19(18-6-3-4-7-24(18)40-25)15-26(23)41-30-27(22(32)14-20(28(30)36)29(21)37)33-8-5-9-35-10-12-39-13-11-35/h3-4,6-7,14-17,33H,5,8-13H2,1-2H3. The van der Waals surface area contributed by atoms with E-state index in [2.05, 4.69) is 10.2 Å². The lowest BCUT2D eigenvalue weighted by atomic mass is 10.0. The Balaban J connectivity index is 1.38. The van der Waals surface area contributed by atoms with Crippen LogP contribution in [0.2, 0.25) is 0 Å². The molecule has 7 rings (SSSR count). The van der Waals surface area contributed by atoms with Gasteiger partial charge in [-0.2, -0.15) is 0 Å². The zero-order chi connectivity index (χ0) is 28.2. The number of anilines is 1. The van der Waals surface area contributed by atoms with Gasteiger partial charge < -0.3 is 28.7 Å². The minimum absolute atomic E-state index is 0.0587. The topological polar surface area (TPSA) is 89.2 Å². The molecule has 1 amide bonds. The Hall–Kier alpha value is -4.41. The summed E-state index contributed by atoms with van der Waals surface area (Å²) in [5.74, 6) is -0.403. The highest BCUT2D eigenvalue weighted by atomic mass is 19.1. The van der Waals surface area contributed by atoms with E-state index in [0.29, 0.717) is 29.1 Å². The van der Waals surface area contributed by atoms with Gasteiger partial charge in [0, 0.05) is 56.8 Å². The number of morpholine rings is 1. The Morgan fingerprint density at radius 3 is 2.66 bits per heavy atom. The van der Waals surface area contributed by atoms with Gasteiger partial charge in [0.1, 0.15) is 27.9 Å². The van der Waals surface area contributed by atoms with Crippen LogP contribution >= 0.6 is 0 Å². The fourth-order valence-electron chi connectivity index (χ4n) is 5.73. The van der Waals surface area contributed by atoms with Gasteiger partial charge in [0.15, 0.2) is 17.3 Å². The van der Waals surface area contributed by atoms with Crippen molar-refractivity contribution < 1.29 is 23.1 Å². The molecular weight excluding hydrogens is 527 g/mol. The predicted octanol–water partition coefficient (Wildman–Crippen LogP) is 4.97. The van der Waals surface area contributed by atoms with Crippen molar-refractivity contribution in [2.24, 2.45) is 0 Å². The molecular formula is C31H29FN4O5. The first-order valence-electron chi connectivity index (χ1n) is 13.7. The Morgan fingerprint density at radius 1 is 1.05 bits per heavy atom. The Bertz CT molecular complexity index is 1900. The Labute approximate surface area is 234 Å². The molecule has 4 heterocycles. The average Bonchev–Trinajstić information content (AvgIpc) is 3.34. The maximum atomic E-state index is 15.7. The van der Waals surface area contributed by atoms with Crippen LogP contribution in [0.4, 0.5) is 10.1 Å². The molecule has 41 heavy (non-hydrogen) atoms. The quantitative estimate of drug-likeness (QED) is 0.290. The molecule has 1 saturated heterocycles. The summed E-state index contributed by atoms with van der Waals surface area (Å²) in [7, 11) is 3.15. The van der Waals surface area contributed by atoms with Crippen molar-refractivity contribution in [3.05, 3.63) is 70.3 Å². The highest BCUT2D eigenvalue weighted by molar-refractivity contribution is 6.07. The summed E-state index contributed by atoms with van der Waals surface area (Å²) in [6, 6.07) is 12.6. The summed E-state index contributed by atoms with van der Waals surface area (Å²) in [5, 5.41) is 5.07. The molecule has 1 N–H and O–H groups in total. The van der Waals surface area contributed by atoms with Crippen molar-refractivity contribution in [1.82, 2.24) is 14.4 Å². The second-order valence-electron chi connectivity index (χ2n) is 10.7. The maximum absolute atomic E-state index is 15.7. The molecule has 0 radical (unpaired) electrons. The van der Waals surface area contributed by atoms with Crippen LogP contribution in [0, 0.1) is 5.82 Å². The molecule has 0 unspecified atom stereocenters. The summed E-state index contributed by atoms with van der Waals surface area (Å²) in [6.45, 7) is 4.57. The number of hydrogen-bond donors (Lipinski definition) is 1. The summed E-state index contributed by atoms with van der Waals surface area (Å²) < 4.78 is 35.4. The molecule has 0 spiro atoms. The number of pyridine rings is 1. The van der Waals surface area contributed by atoms with Gasteiger partial charge >= 0.3 is 0 Å². The molecule has 9 nitrogen and oxygen atoms in total. The third-order valence-corrected chi connectivity index (χ3v) is 7.82. The zero-order valence-electron chi connectivity index (χ0n) is 22.8. The van der Waals surface area contributed by atoms with Crippen LogP contribution in [0.3, 0.4) is 0 Å². The molecule has 0 aliphatic carbocycles. The number of hydrogen-bond acceptors (Lipinski definition) is 7. The van der Waals surface area contributed by atoms with Gasteiger partial charge in [-0.25, -0.2) is 4.39 Å². The van der Waals surface area contributed by atoms with E-state index in [1.165, 1.54) is 17.2 Å². The SMILES string of the molecule is CN(C)C(=O)c1cn2c3c(c(NCCCN4CCOCC4)c(F)cc3c1=O)Oc1cc3c(cc1-2)oc1ccccc13. The number of benzene rings is 3. The first-order valence-corrected chi connectivity index (χ1v) is 13.7.